The number of hydrogen-bond donors (Lipinski definition) is 2. The fourth-order valence-corrected chi connectivity index (χ4v) is 8.87. The largest absolute Gasteiger partial charge is 0.472 e. The lowest BCUT2D eigenvalue weighted by Crippen LogP contribution is -2.30. The zero-order valence-corrected chi connectivity index (χ0v) is 48.2. The highest BCUT2D eigenvalue weighted by Gasteiger charge is 2.28. The molecule has 428 valence electrons. The van der Waals surface area contributed by atoms with Crippen molar-refractivity contribution in [2.75, 3.05) is 26.4 Å². The van der Waals surface area contributed by atoms with E-state index in [2.05, 4.69) is 93.7 Å². The second-order valence-corrected chi connectivity index (χ2v) is 21.2. The number of ether oxygens (including phenoxy) is 3. The molecule has 0 saturated heterocycles. The number of esters is 3. The van der Waals surface area contributed by atoms with Crippen LogP contribution in [0.1, 0.15) is 265 Å². The number of phosphoric ester groups is 1. The summed E-state index contributed by atoms with van der Waals surface area (Å²) in [6, 6.07) is 0. The third-order valence-electron chi connectivity index (χ3n) is 12.6. The van der Waals surface area contributed by atoms with E-state index in [-0.39, 0.29) is 25.9 Å². The molecule has 0 spiro atoms. The van der Waals surface area contributed by atoms with E-state index in [1.807, 2.05) is 0 Å². The number of carbonyl (C=O) groups excluding carboxylic acids is 3. The quantitative estimate of drug-likeness (QED) is 0.0197. The molecule has 0 aliphatic carbocycles. The van der Waals surface area contributed by atoms with Crippen LogP contribution in [0.4, 0.5) is 0 Å². The van der Waals surface area contributed by atoms with Crippen molar-refractivity contribution in [3.8, 4) is 0 Å². The van der Waals surface area contributed by atoms with Gasteiger partial charge in [-0.25, -0.2) is 4.57 Å². The third kappa shape index (κ3) is 53.7. The molecule has 0 radical (unpaired) electrons. The maximum atomic E-state index is 12.9. The van der Waals surface area contributed by atoms with Gasteiger partial charge >= 0.3 is 25.7 Å². The predicted molar refractivity (Wildman–Crippen MR) is 307 cm³/mol. The van der Waals surface area contributed by atoms with Crippen LogP contribution in [0.25, 0.3) is 0 Å². The van der Waals surface area contributed by atoms with Gasteiger partial charge in [0.15, 0.2) is 6.10 Å². The Hall–Kier alpha value is -3.08. The predicted octanol–water partition coefficient (Wildman–Crippen LogP) is 17.7. The Kier molecular flexibility index (Phi) is 53.8. The monoisotopic (exact) mass is 1060 g/mol. The molecule has 0 aromatic carbocycles. The summed E-state index contributed by atoms with van der Waals surface area (Å²) in [5.41, 5.74) is 0. The molecular weight excluding hydrogens is 952 g/mol. The lowest BCUT2D eigenvalue weighted by Gasteiger charge is -2.21. The van der Waals surface area contributed by atoms with Gasteiger partial charge in [0, 0.05) is 19.3 Å². The summed E-state index contributed by atoms with van der Waals surface area (Å²) in [6.45, 7) is 4.49. The molecule has 0 amide bonds. The van der Waals surface area contributed by atoms with Crippen LogP contribution in [0.15, 0.2) is 72.9 Å². The minimum atomic E-state index is -4.75. The van der Waals surface area contributed by atoms with Crippen LogP contribution >= 0.6 is 7.82 Å². The van der Waals surface area contributed by atoms with E-state index in [0.29, 0.717) is 19.3 Å². The van der Waals surface area contributed by atoms with Gasteiger partial charge in [-0.15, -0.1) is 0 Å². The lowest BCUT2D eigenvalue weighted by atomic mass is 10.1. The second kappa shape index (κ2) is 56.1. The molecule has 0 fully saturated rings. The first-order valence-corrected chi connectivity index (χ1v) is 31.3. The SMILES string of the molecule is CC/C=C\C/C=C\C/C=C\C/C=C\CCCCCCCCC(=O)OCC(COP(=O)(O)OCC(CO)OC(=O)CCCCCCCCCCCCC)OC(=O)CCCCCCCCC/C=C\C/C=C\CCCCC. The molecule has 11 nitrogen and oxygen atoms in total. The Labute approximate surface area is 452 Å². The van der Waals surface area contributed by atoms with Crippen molar-refractivity contribution in [1.29, 1.82) is 0 Å². The van der Waals surface area contributed by atoms with E-state index in [4.69, 9.17) is 23.3 Å². The van der Waals surface area contributed by atoms with Crippen molar-refractivity contribution in [1.82, 2.24) is 0 Å². The molecule has 74 heavy (non-hydrogen) atoms. The number of aliphatic hydroxyl groups is 1. The highest BCUT2D eigenvalue weighted by molar-refractivity contribution is 7.47. The van der Waals surface area contributed by atoms with Crippen LogP contribution < -0.4 is 0 Å². The smallest absolute Gasteiger partial charge is 0.462 e. The molecule has 0 aromatic rings. The Bertz CT molecular complexity index is 1520. The average molecular weight is 1060 g/mol. The molecule has 0 heterocycles. The summed E-state index contributed by atoms with van der Waals surface area (Å²) in [4.78, 5) is 48.6. The van der Waals surface area contributed by atoms with Crippen LogP contribution in [0.5, 0.6) is 0 Å². The maximum Gasteiger partial charge on any atom is 0.472 e. The number of aliphatic hydroxyl groups excluding tert-OH is 1. The standard InChI is InChI=1S/C62H109O11P/c1-4-7-10-13-16-19-22-24-26-28-29-31-32-34-37-39-42-45-48-51-60(64)69-55-59(73-62(66)53-50-47-44-41-38-35-33-30-27-25-23-20-17-14-11-8-5-2)57-71-74(67,68)70-56-58(54-63)72-61(65)52-49-46-43-40-36-21-18-15-12-9-6-3/h7,10,16-17,19-20,24-27,29,31,58-59,63H,4-6,8-9,11-15,18,21-23,28,30,32-57H2,1-3H3,(H,67,68)/b10-7-,19-16-,20-17-,26-24-,27-25-,31-29-. The highest BCUT2D eigenvalue weighted by Crippen LogP contribution is 2.43. The zero-order valence-electron chi connectivity index (χ0n) is 47.3. The van der Waals surface area contributed by atoms with Gasteiger partial charge in [-0.1, -0.05) is 229 Å². The van der Waals surface area contributed by atoms with Gasteiger partial charge < -0.3 is 24.2 Å². The van der Waals surface area contributed by atoms with Crippen LogP contribution in [0.3, 0.4) is 0 Å². The van der Waals surface area contributed by atoms with Crippen LogP contribution in [0, 0.1) is 0 Å². The van der Waals surface area contributed by atoms with Crippen molar-refractivity contribution in [3.05, 3.63) is 72.9 Å². The fraction of sp³-hybridized carbons (Fsp3) is 0.758. The molecule has 0 aliphatic rings. The van der Waals surface area contributed by atoms with E-state index in [1.165, 1.54) is 83.5 Å². The Morgan fingerprint density at radius 2 is 0.703 bits per heavy atom. The fourth-order valence-electron chi connectivity index (χ4n) is 8.08. The molecule has 0 aliphatic heterocycles. The molecule has 3 unspecified atom stereocenters. The first-order valence-electron chi connectivity index (χ1n) is 29.8. The summed E-state index contributed by atoms with van der Waals surface area (Å²) in [5, 5.41) is 9.80. The molecule has 0 bridgehead atoms. The van der Waals surface area contributed by atoms with Crippen molar-refractivity contribution >= 4 is 25.7 Å². The van der Waals surface area contributed by atoms with Crippen LogP contribution in [-0.2, 0) is 42.2 Å². The van der Waals surface area contributed by atoms with Gasteiger partial charge in [-0.3, -0.25) is 23.4 Å². The van der Waals surface area contributed by atoms with Gasteiger partial charge in [-0.05, 0) is 89.9 Å². The first-order chi connectivity index (χ1) is 36.2. The summed E-state index contributed by atoms with van der Waals surface area (Å²) < 4.78 is 39.5. The van der Waals surface area contributed by atoms with E-state index in [1.54, 1.807) is 0 Å². The molecular formula is C62H109O11P. The van der Waals surface area contributed by atoms with Crippen molar-refractivity contribution in [2.24, 2.45) is 0 Å². The maximum absolute atomic E-state index is 12.9. The minimum Gasteiger partial charge on any atom is -0.462 e. The lowest BCUT2D eigenvalue weighted by molar-refractivity contribution is -0.161. The molecule has 12 heteroatoms. The average Bonchev–Trinajstić information content (AvgIpc) is 3.39. The molecule has 3 atom stereocenters. The molecule has 2 N–H and O–H groups in total. The van der Waals surface area contributed by atoms with Crippen LogP contribution in [0.2, 0.25) is 0 Å². The number of unbranched alkanes of at least 4 members (excludes halogenated alkanes) is 26. The van der Waals surface area contributed by atoms with Gasteiger partial charge in [0.1, 0.15) is 12.7 Å². The Morgan fingerprint density at radius 1 is 0.392 bits per heavy atom. The van der Waals surface area contributed by atoms with Gasteiger partial charge in [-0.2, -0.15) is 0 Å². The number of hydrogen-bond acceptors (Lipinski definition) is 10. The van der Waals surface area contributed by atoms with Crippen LogP contribution in [-0.4, -0.2) is 66.5 Å². The Balaban J connectivity index is 4.75. The van der Waals surface area contributed by atoms with Crippen molar-refractivity contribution in [3.63, 3.8) is 0 Å². The zero-order chi connectivity index (χ0) is 54.1. The third-order valence-corrected chi connectivity index (χ3v) is 13.6. The number of rotatable bonds is 55. The van der Waals surface area contributed by atoms with E-state index in [9.17, 15) is 28.9 Å². The summed E-state index contributed by atoms with van der Waals surface area (Å²) in [6.07, 6.45) is 62.8. The van der Waals surface area contributed by atoms with E-state index < -0.39 is 57.8 Å². The van der Waals surface area contributed by atoms with Gasteiger partial charge in [0.2, 0.25) is 0 Å². The van der Waals surface area contributed by atoms with Gasteiger partial charge in [0.25, 0.3) is 0 Å². The summed E-state index contributed by atoms with van der Waals surface area (Å²) >= 11 is 0. The molecule has 0 rings (SSSR count). The second-order valence-electron chi connectivity index (χ2n) is 19.8. The first kappa shape index (κ1) is 70.9. The number of allylic oxidation sites excluding steroid dienone is 12. The van der Waals surface area contributed by atoms with E-state index >= 15 is 0 Å². The number of phosphoric acid groups is 1. The summed E-state index contributed by atoms with van der Waals surface area (Å²) in [7, 11) is -4.75. The number of carbonyl (C=O) groups is 3. The van der Waals surface area contributed by atoms with Gasteiger partial charge in [0.05, 0.1) is 19.8 Å². The topological polar surface area (TPSA) is 155 Å². The minimum absolute atomic E-state index is 0.155. The Morgan fingerprint density at radius 3 is 1.11 bits per heavy atom. The van der Waals surface area contributed by atoms with Crippen molar-refractivity contribution in [2.45, 2.75) is 277 Å². The summed E-state index contributed by atoms with van der Waals surface area (Å²) in [5.74, 6) is -1.48. The van der Waals surface area contributed by atoms with E-state index in [0.717, 1.165) is 122 Å². The normalized spacial score (nSPS) is 13.9. The molecule has 0 saturated carbocycles. The molecule has 0 aromatic heterocycles. The highest BCUT2D eigenvalue weighted by atomic mass is 31.2. The van der Waals surface area contributed by atoms with Crippen molar-refractivity contribution < 1.29 is 52.2 Å².